The fraction of sp³-hybridized carbons (Fsp3) is 0.667. The maximum absolute atomic E-state index is 4.69. The summed E-state index contributed by atoms with van der Waals surface area (Å²) < 4.78 is 0.182. The van der Waals surface area contributed by atoms with Crippen LogP contribution in [0.25, 0.3) is 0 Å². The zero-order valence-corrected chi connectivity index (χ0v) is 17.6. The summed E-state index contributed by atoms with van der Waals surface area (Å²) in [5, 5.41) is 8.89. The van der Waals surface area contributed by atoms with E-state index in [1.165, 1.54) is 4.88 Å². The first-order chi connectivity index (χ1) is 9.48. The van der Waals surface area contributed by atoms with E-state index in [9.17, 15) is 0 Å². The Morgan fingerprint density at radius 2 is 2.14 bits per heavy atom. The summed E-state index contributed by atoms with van der Waals surface area (Å²) in [5.41, 5.74) is 0. The minimum atomic E-state index is 0. The monoisotopic (exact) mass is 441 g/mol. The summed E-state index contributed by atoms with van der Waals surface area (Å²) in [6.45, 7) is 11.4. The molecule has 0 saturated carbocycles. The van der Waals surface area contributed by atoms with Gasteiger partial charge >= 0.3 is 0 Å². The van der Waals surface area contributed by atoms with E-state index in [1.807, 2.05) is 23.1 Å². The van der Waals surface area contributed by atoms with Crippen molar-refractivity contribution in [2.45, 2.75) is 38.4 Å². The van der Waals surface area contributed by atoms with E-state index in [1.54, 1.807) is 0 Å². The van der Waals surface area contributed by atoms with Gasteiger partial charge in [-0.05, 0) is 38.5 Å². The summed E-state index contributed by atoms with van der Waals surface area (Å²) >= 11 is 3.66. The number of nitrogens with zero attached hydrogens (tertiary/aromatic N) is 1. The fourth-order valence-electron chi connectivity index (χ4n) is 1.60. The normalized spacial score (nSPS) is 13.5. The van der Waals surface area contributed by atoms with E-state index in [0.717, 1.165) is 25.6 Å². The number of nitrogens with one attached hydrogen (secondary N) is 2. The Kier molecular flexibility index (Phi) is 10.7. The number of halogens is 1. The molecule has 0 aliphatic carbocycles. The van der Waals surface area contributed by atoms with E-state index in [0.29, 0.717) is 5.92 Å². The summed E-state index contributed by atoms with van der Waals surface area (Å²) in [7, 11) is 0. The number of aliphatic imine (C=N–C) groups is 1. The average molecular weight is 441 g/mol. The van der Waals surface area contributed by atoms with Crippen LogP contribution in [-0.4, -0.2) is 36.6 Å². The summed E-state index contributed by atoms with van der Waals surface area (Å²) in [4.78, 5) is 6.10. The molecular weight excluding hydrogens is 413 g/mol. The fourth-order valence-corrected chi connectivity index (χ4v) is 2.58. The quantitative estimate of drug-likeness (QED) is 0.379. The molecule has 0 aliphatic heterocycles. The van der Waals surface area contributed by atoms with Crippen molar-refractivity contribution in [2.24, 2.45) is 4.99 Å². The zero-order chi connectivity index (χ0) is 15.0. The Hall–Kier alpha value is 0.0500. The summed E-state index contributed by atoms with van der Waals surface area (Å²) in [5.74, 6) is 1.42. The van der Waals surface area contributed by atoms with Crippen molar-refractivity contribution in [1.29, 1.82) is 0 Å². The van der Waals surface area contributed by atoms with Gasteiger partial charge < -0.3 is 10.6 Å². The average Bonchev–Trinajstić information content (AvgIpc) is 2.96. The van der Waals surface area contributed by atoms with Crippen LogP contribution in [0, 0.1) is 0 Å². The zero-order valence-electron chi connectivity index (χ0n) is 13.6. The first kappa shape index (κ1) is 21.0. The number of rotatable bonds is 7. The Morgan fingerprint density at radius 3 is 2.67 bits per heavy atom. The van der Waals surface area contributed by atoms with Gasteiger partial charge in [0.2, 0.25) is 0 Å². The second-order valence-electron chi connectivity index (χ2n) is 5.46. The highest BCUT2D eigenvalue weighted by atomic mass is 127. The van der Waals surface area contributed by atoms with Crippen molar-refractivity contribution >= 4 is 53.0 Å². The van der Waals surface area contributed by atoms with Gasteiger partial charge in [-0.25, -0.2) is 0 Å². The Bertz CT molecular complexity index is 405. The van der Waals surface area contributed by atoms with Crippen molar-refractivity contribution in [3.05, 3.63) is 22.4 Å². The molecule has 0 aromatic carbocycles. The molecule has 1 rings (SSSR count). The molecular formula is C15H28IN3S2. The van der Waals surface area contributed by atoms with Crippen LogP contribution in [0.3, 0.4) is 0 Å². The third-order valence-corrected chi connectivity index (χ3v) is 5.46. The smallest absolute Gasteiger partial charge is 0.191 e. The summed E-state index contributed by atoms with van der Waals surface area (Å²) in [6, 6.07) is 4.30. The Labute approximate surface area is 154 Å². The van der Waals surface area contributed by atoms with Crippen LogP contribution in [0.2, 0.25) is 0 Å². The van der Waals surface area contributed by atoms with Gasteiger partial charge in [0.25, 0.3) is 0 Å². The molecule has 1 aromatic heterocycles. The molecule has 1 atom stereocenters. The second kappa shape index (κ2) is 10.7. The van der Waals surface area contributed by atoms with Gasteiger partial charge in [-0.2, -0.15) is 11.8 Å². The highest BCUT2D eigenvalue weighted by molar-refractivity contribution is 14.0. The van der Waals surface area contributed by atoms with Gasteiger partial charge in [0, 0.05) is 28.6 Å². The third-order valence-electron chi connectivity index (χ3n) is 3.12. The molecule has 3 nitrogen and oxygen atoms in total. The van der Waals surface area contributed by atoms with Gasteiger partial charge in [0.15, 0.2) is 5.96 Å². The van der Waals surface area contributed by atoms with E-state index in [4.69, 9.17) is 0 Å². The molecule has 1 unspecified atom stereocenters. The van der Waals surface area contributed by atoms with Crippen LogP contribution in [0.1, 0.15) is 38.5 Å². The molecule has 1 heterocycles. The topological polar surface area (TPSA) is 36.4 Å². The molecule has 0 amide bonds. The SMILES string of the molecule is CCNC(=NCC(C)(C)SC)NCC(C)c1cccs1.I. The number of thioether (sulfide) groups is 1. The van der Waals surface area contributed by atoms with E-state index >= 15 is 0 Å². The third kappa shape index (κ3) is 8.30. The maximum Gasteiger partial charge on any atom is 0.191 e. The predicted molar refractivity (Wildman–Crippen MR) is 110 cm³/mol. The minimum Gasteiger partial charge on any atom is -0.357 e. The number of hydrogen-bond donors (Lipinski definition) is 2. The van der Waals surface area contributed by atoms with Crippen molar-refractivity contribution < 1.29 is 0 Å². The number of guanidine groups is 1. The first-order valence-corrected chi connectivity index (χ1v) is 9.19. The van der Waals surface area contributed by atoms with Gasteiger partial charge in [0.1, 0.15) is 0 Å². The molecule has 1 aromatic rings. The lowest BCUT2D eigenvalue weighted by molar-refractivity contribution is 0.688. The highest BCUT2D eigenvalue weighted by Gasteiger charge is 2.15. The van der Waals surface area contributed by atoms with Crippen LogP contribution in [-0.2, 0) is 0 Å². The largest absolute Gasteiger partial charge is 0.357 e. The van der Waals surface area contributed by atoms with Crippen LogP contribution < -0.4 is 10.6 Å². The molecule has 2 N–H and O–H groups in total. The van der Waals surface area contributed by atoms with Crippen LogP contribution >= 0.6 is 47.1 Å². The van der Waals surface area contributed by atoms with Crippen LogP contribution in [0.5, 0.6) is 0 Å². The van der Waals surface area contributed by atoms with Gasteiger partial charge in [-0.15, -0.1) is 35.3 Å². The number of hydrogen-bond acceptors (Lipinski definition) is 3. The minimum absolute atomic E-state index is 0. The van der Waals surface area contributed by atoms with Crippen LogP contribution in [0.15, 0.2) is 22.5 Å². The standard InChI is InChI=1S/C15H27N3S2.HI/c1-6-16-14(18-11-15(3,4)19-5)17-10-12(2)13-8-7-9-20-13;/h7-9,12H,6,10-11H2,1-5H3,(H2,16,17,18);1H. The second-order valence-corrected chi connectivity index (χ2v) is 7.95. The number of thiophene rings is 1. The van der Waals surface area contributed by atoms with Crippen molar-refractivity contribution in [3.63, 3.8) is 0 Å². The molecule has 0 fully saturated rings. The lowest BCUT2D eigenvalue weighted by Crippen LogP contribution is -2.40. The van der Waals surface area contributed by atoms with Crippen molar-refractivity contribution in [1.82, 2.24) is 10.6 Å². The molecule has 0 saturated heterocycles. The molecule has 6 heteroatoms. The lowest BCUT2D eigenvalue weighted by atomic mass is 10.1. The molecule has 0 radical (unpaired) electrons. The molecule has 0 bridgehead atoms. The first-order valence-electron chi connectivity index (χ1n) is 7.09. The van der Waals surface area contributed by atoms with E-state index < -0.39 is 0 Å². The van der Waals surface area contributed by atoms with Gasteiger partial charge in [-0.3, -0.25) is 4.99 Å². The molecule has 0 aliphatic rings. The van der Waals surface area contributed by atoms with Crippen LogP contribution in [0.4, 0.5) is 0 Å². The van der Waals surface area contributed by atoms with E-state index in [2.05, 4.69) is 67.1 Å². The Balaban J connectivity index is 0.00000400. The predicted octanol–water partition coefficient (Wildman–Crippen LogP) is 4.17. The van der Waals surface area contributed by atoms with Gasteiger partial charge in [0.05, 0.1) is 6.54 Å². The lowest BCUT2D eigenvalue weighted by Gasteiger charge is -2.21. The van der Waals surface area contributed by atoms with Gasteiger partial charge in [-0.1, -0.05) is 13.0 Å². The molecule has 0 spiro atoms. The maximum atomic E-state index is 4.69. The highest BCUT2D eigenvalue weighted by Crippen LogP contribution is 2.21. The molecule has 21 heavy (non-hydrogen) atoms. The summed E-state index contributed by atoms with van der Waals surface area (Å²) in [6.07, 6.45) is 2.13. The molecule has 122 valence electrons. The Morgan fingerprint density at radius 1 is 1.43 bits per heavy atom. The van der Waals surface area contributed by atoms with Crippen molar-refractivity contribution in [2.75, 3.05) is 25.9 Å². The van der Waals surface area contributed by atoms with E-state index in [-0.39, 0.29) is 28.7 Å². The van der Waals surface area contributed by atoms with Crippen molar-refractivity contribution in [3.8, 4) is 0 Å².